The average molecular weight is 613 g/mol. The normalized spacial score (nSPS) is 41.3. The van der Waals surface area contributed by atoms with Gasteiger partial charge in [0.15, 0.2) is 0 Å². The van der Waals surface area contributed by atoms with E-state index in [0.29, 0.717) is 25.7 Å². The van der Waals surface area contributed by atoms with Gasteiger partial charge in [-0.15, -0.1) is 0 Å². The van der Waals surface area contributed by atoms with Crippen LogP contribution in [0.15, 0.2) is 0 Å². The number of halogens is 5. The van der Waals surface area contributed by atoms with E-state index in [9.17, 15) is 46.9 Å². The number of alkyl halides is 5. The highest BCUT2D eigenvalue weighted by Crippen LogP contribution is 2.68. The zero-order valence-corrected chi connectivity index (χ0v) is 24.5. The topological polar surface area (TPSA) is 113 Å². The van der Waals surface area contributed by atoms with Crippen molar-refractivity contribution in [2.75, 3.05) is 6.61 Å². The molecule has 0 aromatic rings. The Hall–Kier alpha value is -1.53. The molecule has 4 fully saturated rings. The predicted octanol–water partition coefficient (Wildman–Crippen LogP) is 5.04. The van der Waals surface area contributed by atoms with Crippen LogP contribution in [0.1, 0.15) is 85.0 Å². The molecule has 242 valence electrons. The Morgan fingerprint density at radius 2 is 1.64 bits per heavy atom. The van der Waals surface area contributed by atoms with Crippen LogP contribution in [0.5, 0.6) is 0 Å². The lowest BCUT2D eigenvalue weighted by atomic mass is 9.43. The number of carbonyl (C=O) groups is 2. The fraction of sp³-hybridized carbons (Fsp3) is 0.933. The average Bonchev–Trinajstić information content (AvgIpc) is 3.25. The van der Waals surface area contributed by atoms with E-state index >= 15 is 0 Å². The molecule has 0 aliphatic heterocycles. The summed E-state index contributed by atoms with van der Waals surface area (Å²) in [6, 6.07) is 0. The monoisotopic (exact) mass is 612 g/mol. The van der Waals surface area contributed by atoms with Crippen molar-refractivity contribution in [3.05, 3.63) is 0 Å². The van der Waals surface area contributed by atoms with Crippen LogP contribution in [0, 0.1) is 46.3 Å². The van der Waals surface area contributed by atoms with Gasteiger partial charge in [-0.2, -0.15) is 13.2 Å². The molecule has 0 bridgehead atoms. The number of aliphatic hydroxyl groups excluding tert-OH is 3. The molecule has 0 radical (unpaired) electrons. The maximum Gasteiger partial charge on any atom is 0.431 e. The van der Waals surface area contributed by atoms with Crippen molar-refractivity contribution in [2.45, 2.75) is 122 Å². The molecule has 42 heavy (non-hydrogen) atoms. The number of aliphatic hydroxyl groups is 3. The van der Waals surface area contributed by atoms with Crippen LogP contribution in [0.3, 0.4) is 0 Å². The van der Waals surface area contributed by atoms with Crippen molar-refractivity contribution in [3.8, 4) is 0 Å². The minimum absolute atomic E-state index is 0.0114. The summed E-state index contributed by atoms with van der Waals surface area (Å²) < 4.78 is 71.5. The van der Waals surface area contributed by atoms with Crippen molar-refractivity contribution in [3.63, 3.8) is 0 Å². The first-order valence-electron chi connectivity index (χ1n) is 15.2. The van der Waals surface area contributed by atoms with Gasteiger partial charge in [-0.05, 0) is 97.7 Å². The number of rotatable bonds is 9. The summed E-state index contributed by atoms with van der Waals surface area (Å²) >= 11 is 0. The van der Waals surface area contributed by atoms with Gasteiger partial charge in [-0.3, -0.25) is 9.59 Å². The standard InChI is InChI=1S/C30H45F5O7/c1-15(4-7-23(39)41-11-9-24(40)42-26(27(31)32)30(33,34)35)18-5-6-19-25-20(14-22(38)29(18,19)3)28(2)10-8-17(36)12-16(28)13-21(25)37/h15-22,25-27,36-38H,4-14H2,1-3H3/t15-,16+,17?,18-,19+,20+,21?,22?,25+,26?,28+,29-/m1/s1. The first kappa shape index (κ1) is 33.4. The summed E-state index contributed by atoms with van der Waals surface area (Å²) in [7, 11) is 0. The quantitative estimate of drug-likeness (QED) is 0.247. The van der Waals surface area contributed by atoms with Crippen LogP contribution in [-0.4, -0.2) is 70.9 Å². The third-order valence-corrected chi connectivity index (χ3v) is 11.7. The summed E-state index contributed by atoms with van der Waals surface area (Å²) in [4.78, 5) is 23.9. The Morgan fingerprint density at radius 3 is 2.29 bits per heavy atom. The molecule has 7 nitrogen and oxygen atoms in total. The minimum atomic E-state index is -5.41. The van der Waals surface area contributed by atoms with Crippen LogP contribution in [0.4, 0.5) is 22.0 Å². The van der Waals surface area contributed by atoms with Gasteiger partial charge in [0.1, 0.15) is 6.61 Å². The highest BCUT2D eigenvalue weighted by molar-refractivity contribution is 5.72. The van der Waals surface area contributed by atoms with E-state index < -0.39 is 61.3 Å². The summed E-state index contributed by atoms with van der Waals surface area (Å²) in [6.45, 7) is 5.81. The van der Waals surface area contributed by atoms with Gasteiger partial charge >= 0.3 is 18.1 Å². The van der Waals surface area contributed by atoms with E-state index in [0.717, 1.165) is 25.7 Å². The Labute approximate surface area is 243 Å². The molecule has 0 amide bonds. The lowest BCUT2D eigenvalue weighted by Crippen LogP contribution is -2.62. The fourth-order valence-electron chi connectivity index (χ4n) is 9.46. The zero-order valence-electron chi connectivity index (χ0n) is 24.5. The number of hydrogen-bond donors (Lipinski definition) is 3. The molecule has 12 heteroatoms. The van der Waals surface area contributed by atoms with Crippen LogP contribution >= 0.6 is 0 Å². The Balaban J connectivity index is 1.30. The second-order valence-corrected chi connectivity index (χ2v) is 13.8. The van der Waals surface area contributed by atoms with Crippen molar-refractivity contribution >= 4 is 11.9 Å². The molecule has 4 rings (SSSR count). The van der Waals surface area contributed by atoms with Gasteiger partial charge in [0, 0.05) is 6.42 Å². The van der Waals surface area contributed by atoms with Crippen LogP contribution in [0.2, 0.25) is 0 Å². The molecule has 4 saturated carbocycles. The van der Waals surface area contributed by atoms with Crippen molar-refractivity contribution in [2.24, 2.45) is 46.3 Å². The van der Waals surface area contributed by atoms with Gasteiger partial charge in [-0.1, -0.05) is 20.8 Å². The predicted molar refractivity (Wildman–Crippen MR) is 140 cm³/mol. The first-order valence-corrected chi connectivity index (χ1v) is 15.2. The van der Waals surface area contributed by atoms with Gasteiger partial charge in [-0.25, -0.2) is 8.78 Å². The van der Waals surface area contributed by atoms with E-state index in [2.05, 4.69) is 18.6 Å². The molecule has 0 heterocycles. The molecule has 4 aliphatic carbocycles. The molecule has 12 atom stereocenters. The zero-order chi connectivity index (χ0) is 31.2. The van der Waals surface area contributed by atoms with E-state index in [1.165, 1.54) is 0 Å². The molecular formula is C30H45F5O7. The first-order chi connectivity index (χ1) is 19.5. The molecular weight excluding hydrogens is 567 g/mol. The van der Waals surface area contributed by atoms with Crippen molar-refractivity contribution in [1.82, 2.24) is 0 Å². The third kappa shape index (κ3) is 6.32. The van der Waals surface area contributed by atoms with Crippen LogP contribution < -0.4 is 0 Å². The van der Waals surface area contributed by atoms with Crippen molar-refractivity contribution in [1.29, 1.82) is 0 Å². The Kier molecular flexibility index (Phi) is 9.90. The SMILES string of the molecule is C[C@H](CCC(=O)OCCC(=O)OC(C(F)F)C(F)(F)F)[C@H]1CC[C@H]2[C@@H]3C(O)C[C@@H]4CC(O)CC[C@]4(C)[C@H]3CC(O)[C@]12C. The van der Waals surface area contributed by atoms with Crippen molar-refractivity contribution < 1.29 is 56.3 Å². The molecule has 0 aromatic carbocycles. The van der Waals surface area contributed by atoms with Gasteiger partial charge in [0.2, 0.25) is 0 Å². The molecule has 4 unspecified atom stereocenters. The number of esters is 2. The van der Waals surface area contributed by atoms with E-state index in [4.69, 9.17) is 4.74 Å². The highest BCUT2D eigenvalue weighted by Gasteiger charge is 2.65. The van der Waals surface area contributed by atoms with Gasteiger partial charge in [0.25, 0.3) is 12.5 Å². The van der Waals surface area contributed by atoms with Crippen LogP contribution in [0.25, 0.3) is 0 Å². The number of ether oxygens (including phenoxy) is 2. The van der Waals surface area contributed by atoms with Gasteiger partial charge in [0.05, 0.1) is 24.7 Å². The Morgan fingerprint density at radius 1 is 0.952 bits per heavy atom. The van der Waals surface area contributed by atoms with Crippen LogP contribution in [-0.2, 0) is 19.1 Å². The summed E-state index contributed by atoms with van der Waals surface area (Å²) in [5.74, 6) is -1.48. The smallest absolute Gasteiger partial charge is 0.431 e. The largest absolute Gasteiger partial charge is 0.465 e. The maximum atomic E-state index is 12.6. The lowest BCUT2D eigenvalue weighted by Gasteiger charge is -2.63. The minimum Gasteiger partial charge on any atom is -0.465 e. The van der Waals surface area contributed by atoms with E-state index in [1.807, 2.05) is 6.92 Å². The van der Waals surface area contributed by atoms with Gasteiger partial charge < -0.3 is 24.8 Å². The number of carbonyl (C=O) groups excluding carboxylic acids is 2. The summed E-state index contributed by atoms with van der Waals surface area (Å²) in [5.41, 5.74) is -0.468. The number of hydrogen-bond acceptors (Lipinski definition) is 7. The molecule has 3 N–H and O–H groups in total. The molecule has 0 aromatic heterocycles. The highest BCUT2D eigenvalue weighted by atomic mass is 19.4. The summed E-state index contributed by atoms with van der Waals surface area (Å²) in [5, 5.41) is 33.3. The second-order valence-electron chi connectivity index (χ2n) is 13.8. The summed E-state index contributed by atoms with van der Waals surface area (Å²) in [6.07, 6.45) is -9.33. The molecule has 0 spiro atoms. The maximum absolute atomic E-state index is 12.6. The lowest BCUT2D eigenvalue weighted by molar-refractivity contribution is -0.249. The Bertz CT molecular complexity index is 978. The number of fused-ring (bicyclic) bond motifs is 5. The molecule has 4 aliphatic rings. The fourth-order valence-corrected chi connectivity index (χ4v) is 9.46. The third-order valence-electron chi connectivity index (χ3n) is 11.7. The van der Waals surface area contributed by atoms with E-state index in [1.54, 1.807) is 0 Å². The molecule has 0 saturated heterocycles. The second kappa shape index (κ2) is 12.5. The van der Waals surface area contributed by atoms with E-state index in [-0.39, 0.29) is 53.4 Å².